The fraction of sp³-hybridized carbons (Fsp3) is 0.485. The molecule has 8 N–H and O–H groups in total. The van der Waals surface area contributed by atoms with Gasteiger partial charge in [-0.1, -0.05) is 12.1 Å². The molecular weight excluding hydrogens is 646 g/mol. The number of hydrogen-bond donors (Lipinski definition) is 7. The van der Waals surface area contributed by atoms with Crippen LogP contribution >= 0.6 is 12.4 Å². The Balaban J connectivity index is 0.00000800. The average Bonchev–Trinajstić information content (AvgIpc) is 2.93. The van der Waals surface area contributed by atoms with Gasteiger partial charge in [0, 0.05) is 25.1 Å². The van der Waals surface area contributed by atoms with E-state index in [0.717, 1.165) is 0 Å². The first kappa shape index (κ1) is 39.5. The van der Waals surface area contributed by atoms with E-state index in [1.807, 2.05) is 0 Å². The van der Waals surface area contributed by atoms with Crippen molar-refractivity contribution < 1.29 is 43.7 Å². The third kappa shape index (κ3) is 12.1. The first-order chi connectivity index (χ1) is 21.8. The van der Waals surface area contributed by atoms with Gasteiger partial charge in [-0.15, -0.1) is 12.4 Å². The highest BCUT2D eigenvalue weighted by molar-refractivity contribution is 5.93. The van der Waals surface area contributed by atoms with Crippen LogP contribution in [0.1, 0.15) is 65.5 Å². The molecule has 1 heterocycles. The summed E-state index contributed by atoms with van der Waals surface area (Å²) in [5.41, 5.74) is 6.97. The zero-order valence-electron chi connectivity index (χ0n) is 28.0. The second-order valence-electron chi connectivity index (χ2n) is 13.4. The molecule has 0 aromatic heterocycles. The molecule has 0 saturated heterocycles. The number of carbonyl (C=O) groups excluding carboxylic acids is 4. The van der Waals surface area contributed by atoms with Gasteiger partial charge in [0.25, 0.3) is 0 Å². The number of aromatic hydroxyl groups is 1. The lowest BCUT2D eigenvalue weighted by atomic mass is 9.95. The number of carboxylic acid groups (broad SMARTS) is 1. The maximum absolute atomic E-state index is 13.8. The van der Waals surface area contributed by atoms with Crippen molar-refractivity contribution in [2.45, 2.75) is 96.6 Å². The monoisotopic (exact) mass is 691 g/mol. The van der Waals surface area contributed by atoms with Gasteiger partial charge in [0.05, 0.1) is 0 Å². The lowest BCUT2D eigenvalue weighted by Crippen LogP contribution is -2.56. The van der Waals surface area contributed by atoms with E-state index in [-0.39, 0.29) is 50.4 Å². The molecule has 0 saturated carbocycles. The number of alkyl carbamates (subject to hydrolysis) is 2. The highest BCUT2D eigenvalue weighted by atomic mass is 35.5. The van der Waals surface area contributed by atoms with E-state index in [4.69, 9.17) is 15.2 Å². The third-order valence-electron chi connectivity index (χ3n) is 7.00. The van der Waals surface area contributed by atoms with Crippen LogP contribution in [0, 0.1) is 0 Å². The minimum Gasteiger partial charge on any atom is -0.508 e. The van der Waals surface area contributed by atoms with Crippen molar-refractivity contribution in [3.8, 4) is 16.9 Å². The van der Waals surface area contributed by atoms with Crippen molar-refractivity contribution >= 4 is 48.1 Å². The number of amides is 4. The number of ether oxygens (including phenoxy) is 2. The Labute approximate surface area is 285 Å². The lowest BCUT2D eigenvalue weighted by Gasteiger charge is -2.26. The molecule has 15 heteroatoms. The highest BCUT2D eigenvalue weighted by Crippen LogP contribution is 2.30. The molecule has 1 aliphatic heterocycles. The number of phenols is 1. The number of hydrogen-bond acceptors (Lipinski definition) is 9. The number of nitrogens with two attached hydrogens (primary N) is 1. The largest absolute Gasteiger partial charge is 0.508 e. The van der Waals surface area contributed by atoms with E-state index in [0.29, 0.717) is 27.9 Å². The van der Waals surface area contributed by atoms with Gasteiger partial charge in [-0.3, -0.25) is 9.59 Å². The van der Waals surface area contributed by atoms with Crippen molar-refractivity contribution in [2.75, 3.05) is 12.3 Å². The minimum atomic E-state index is -1.41. The topological polar surface area (TPSA) is 218 Å². The zero-order valence-corrected chi connectivity index (χ0v) is 28.8. The second kappa shape index (κ2) is 16.4. The fourth-order valence-corrected chi connectivity index (χ4v) is 4.81. The van der Waals surface area contributed by atoms with Crippen LogP contribution in [0.2, 0.25) is 0 Å². The lowest BCUT2D eigenvalue weighted by molar-refractivity contribution is -0.142. The molecule has 48 heavy (non-hydrogen) atoms. The summed E-state index contributed by atoms with van der Waals surface area (Å²) in [6, 6.07) is 5.81. The maximum Gasteiger partial charge on any atom is 0.408 e. The number of anilines is 1. The van der Waals surface area contributed by atoms with Crippen molar-refractivity contribution in [1.29, 1.82) is 0 Å². The molecule has 0 fully saturated rings. The van der Waals surface area contributed by atoms with E-state index < -0.39 is 59.3 Å². The molecule has 14 nitrogen and oxygen atoms in total. The number of nitrogen functional groups attached to an aromatic ring is 1. The zero-order chi connectivity index (χ0) is 35.1. The SMILES string of the molecule is CC(C)(C)OC(=O)NCCC[C@@H]1NC(=O)[C@@H](NC(=O)OC(C)(C)C)Cc2cc(ccc2O)-c2ccc(N)c(c2)C[C@@H](C(=O)O)NC1=O.Cl. The molecule has 2 aromatic rings. The Morgan fingerprint density at radius 3 is 2.06 bits per heavy atom. The van der Waals surface area contributed by atoms with Crippen molar-refractivity contribution in [2.24, 2.45) is 0 Å². The van der Waals surface area contributed by atoms with Crippen LogP contribution in [0.15, 0.2) is 36.4 Å². The summed E-state index contributed by atoms with van der Waals surface area (Å²) in [4.78, 5) is 64.5. The summed E-state index contributed by atoms with van der Waals surface area (Å²) in [6.45, 7) is 10.2. The number of nitrogens with one attached hydrogen (secondary N) is 4. The highest BCUT2D eigenvalue weighted by Gasteiger charge is 2.32. The Hall–Kier alpha value is -4.72. The predicted octanol–water partition coefficient (Wildman–Crippen LogP) is 3.41. The molecule has 4 bridgehead atoms. The van der Waals surface area contributed by atoms with Gasteiger partial charge >= 0.3 is 18.2 Å². The molecule has 2 aromatic carbocycles. The van der Waals surface area contributed by atoms with Crippen LogP contribution in [0.25, 0.3) is 11.1 Å². The van der Waals surface area contributed by atoms with Crippen LogP contribution in [0.5, 0.6) is 5.75 Å². The van der Waals surface area contributed by atoms with Gasteiger partial charge in [-0.2, -0.15) is 0 Å². The van der Waals surface area contributed by atoms with Gasteiger partial charge in [-0.25, -0.2) is 14.4 Å². The number of benzene rings is 2. The smallest absolute Gasteiger partial charge is 0.408 e. The number of halogens is 1. The van der Waals surface area contributed by atoms with Gasteiger partial charge in [-0.05, 0) is 101 Å². The van der Waals surface area contributed by atoms with Crippen molar-refractivity contribution in [3.05, 3.63) is 47.5 Å². The summed E-state index contributed by atoms with van der Waals surface area (Å²) in [5, 5.41) is 31.0. The molecule has 0 spiro atoms. The Morgan fingerprint density at radius 1 is 0.875 bits per heavy atom. The van der Waals surface area contributed by atoms with Gasteiger partial charge in [0.2, 0.25) is 11.8 Å². The molecule has 0 radical (unpaired) electrons. The summed E-state index contributed by atoms with van der Waals surface area (Å²) < 4.78 is 10.6. The molecular formula is C33H46ClN5O9. The number of rotatable bonds is 6. The fourth-order valence-electron chi connectivity index (χ4n) is 4.81. The van der Waals surface area contributed by atoms with E-state index in [1.165, 1.54) is 6.07 Å². The first-order valence-electron chi connectivity index (χ1n) is 15.3. The molecule has 3 atom stereocenters. The number of carbonyl (C=O) groups is 5. The standard InChI is InChI=1S/C33H45N5O9.ClH/c1-32(2,3)46-30(44)35-13-7-8-23-27(40)37-25(29(42)43)16-20-14-18(9-11-22(20)34)19-10-12-26(39)21(15-19)17-24(28(41)36-23)38-31(45)47-33(4,5)6;/h9-12,14-15,23-25,39H,7-8,13,16-17,34H2,1-6H3,(H,35,44)(H,36,41)(H,37,40)(H,38,45)(H,42,43);1H/t23-,24-,25-;/m0./s1. The van der Waals surface area contributed by atoms with Crippen molar-refractivity contribution in [1.82, 2.24) is 21.3 Å². The summed E-state index contributed by atoms with van der Waals surface area (Å²) in [5.74, 6) is -3.04. The van der Waals surface area contributed by atoms with E-state index in [1.54, 1.807) is 71.9 Å². The molecule has 4 amide bonds. The third-order valence-corrected chi connectivity index (χ3v) is 7.00. The van der Waals surface area contributed by atoms with E-state index >= 15 is 0 Å². The molecule has 3 rings (SSSR count). The van der Waals surface area contributed by atoms with Crippen LogP contribution in [-0.2, 0) is 36.7 Å². The second-order valence-corrected chi connectivity index (χ2v) is 13.4. The molecule has 0 unspecified atom stereocenters. The first-order valence-corrected chi connectivity index (χ1v) is 15.3. The molecule has 1 aliphatic rings. The summed E-state index contributed by atoms with van der Waals surface area (Å²) in [6.07, 6.45) is -1.73. The Bertz CT molecular complexity index is 1500. The van der Waals surface area contributed by atoms with Crippen molar-refractivity contribution in [3.63, 3.8) is 0 Å². The van der Waals surface area contributed by atoms with Crippen LogP contribution in [0.3, 0.4) is 0 Å². The van der Waals surface area contributed by atoms with Crippen LogP contribution < -0.4 is 27.0 Å². The number of carboxylic acids is 1. The summed E-state index contributed by atoms with van der Waals surface area (Å²) >= 11 is 0. The maximum atomic E-state index is 13.8. The van der Waals surface area contributed by atoms with Gasteiger partial charge in [0.15, 0.2) is 0 Å². The normalized spacial score (nSPS) is 18.4. The average molecular weight is 692 g/mol. The Morgan fingerprint density at radius 2 is 1.46 bits per heavy atom. The number of fused-ring (bicyclic) bond motifs is 5. The minimum absolute atomic E-state index is 0. The molecule has 0 aliphatic carbocycles. The van der Waals surface area contributed by atoms with E-state index in [2.05, 4.69) is 21.3 Å². The summed E-state index contributed by atoms with van der Waals surface area (Å²) in [7, 11) is 0. The van der Waals surface area contributed by atoms with E-state index in [9.17, 15) is 34.2 Å². The number of phenolic OH excluding ortho intramolecular Hbond substituents is 1. The van der Waals surface area contributed by atoms with Gasteiger partial charge in [0.1, 0.15) is 35.1 Å². The quantitative estimate of drug-likeness (QED) is 0.173. The molecule has 264 valence electrons. The Kier molecular flexibility index (Phi) is 13.5. The number of aliphatic carboxylic acids is 1. The van der Waals surface area contributed by atoms with Crippen LogP contribution in [0.4, 0.5) is 15.3 Å². The van der Waals surface area contributed by atoms with Crippen LogP contribution in [-0.4, -0.2) is 76.1 Å². The van der Waals surface area contributed by atoms with Gasteiger partial charge < -0.3 is 46.7 Å². The predicted molar refractivity (Wildman–Crippen MR) is 181 cm³/mol.